The Morgan fingerprint density at radius 2 is 1.00 bits per heavy atom. The standard InChI is InChI=1S/C23H40/c1-20(2,3)16-13-17(21(4,5)6)15-19(23(10,11)12)18(14-16)22(7,8)9/h13-15,18H,1-12H3. The average Bonchev–Trinajstić information content (AvgIpc) is 2.44. The summed E-state index contributed by atoms with van der Waals surface area (Å²) in [5, 5.41) is 0. The van der Waals surface area contributed by atoms with Gasteiger partial charge in [-0.1, -0.05) is 107 Å². The molecule has 0 saturated carbocycles. The van der Waals surface area contributed by atoms with Gasteiger partial charge in [0.2, 0.25) is 0 Å². The minimum Gasteiger partial charge on any atom is -0.0730 e. The van der Waals surface area contributed by atoms with E-state index in [0.29, 0.717) is 5.92 Å². The molecule has 1 aliphatic carbocycles. The number of hydrogen-bond donors (Lipinski definition) is 0. The first-order valence-electron chi connectivity index (χ1n) is 9.10. The third-order valence-corrected chi connectivity index (χ3v) is 4.83. The van der Waals surface area contributed by atoms with E-state index in [-0.39, 0.29) is 21.7 Å². The molecule has 0 fully saturated rings. The summed E-state index contributed by atoms with van der Waals surface area (Å²) in [6.07, 6.45) is 7.51. The second kappa shape index (κ2) is 5.94. The Labute approximate surface area is 146 Å². The summed E-state index contributed by atoms with van der Waals surface area (Å²) in [4.78, 5) is 0. The van der Waals surface area contributed by atoms with Gasteiger partial charge in [0, 0.05) is 5.92 Å². The van der Waals surface area contributed by atoms with Crippen LogP contribution in [0.25, 0.3) is 0 Å². The fourth-order valence-corrected chi connectivity index (χ4v) is 3.08. The van der Waals surface area contributed by atoms with Crippen LogP contribution >= 0.6 is 0 Å². The van der Waals surface area contributed by atoms with Gasteiger partial charge in [-0.05, 0) is 32.8 Å². The molecule has 0 heteroatoms. The van der Waals surface area contributed by atoms with Crippen LogP contribution in [-0.2, 0) is 0 Å². The largest absolute Gasteiger partial charge is 0.0730 e. The van der Waals surface area contributed by atoms with Crippen LogP contribution in [-0.4, -0.2) is 0 Å². The molecule has 0 aromatic carbocycles. The van der Waals surface area contributed by atoms with Crippen molar-refractivity contribution in [2.75, 3.05) is 0 Å². The summed E-state index contributed by atoms with van der Waals surface area (Å²) in [7, 11) is 0. The van der Waals surface area contributed by atoms with Gasteiger partial charge in [-0.2, -0.15) is 0 Å². The first-order chi connectivity index (χ1) is 9.94. The van der Waals surface area contributed by atoms with Gasteiger partial charge in [0.15, 0.2) is 0 Å². The molecular weight excluding hydrogens is 276 g/mol. The van der Waals surface area contributed by atoms with Gasteiger partial charge >= 0.3 is 0 Å². The van der Waals surface area contributed by atoms with Crippen molar-refractivity contribution in [3.05, 3.63) is 34.9 Å². The fraction of sp³-hybridized carbons (Fsp3) is 0.739. The van der Waals surface area contributed by atoms with Crippen LogP contribution in [0.2, 0.25) is 0 Å². The van der Waals surface area contributed by atoms with E-state index in [1.165, 1.54) is 11.1 Å². The minimum atomic E-state index is 0.160. The molecule has 0 amide bonds. The lowest BCUT2D eigenvalue weighted by molar-refractivity contribution is 0.285. The maximum absolute atomic E-state index is 2.55. The SMILES string of the molecule is CC(C)(C)C1=CC(C(C)(C)C)=CC(C(C)(C)C)C(C(C)(C)C)=C1. The lowest BCUT2D eigenvalue weighted by atomic mass is 9.67. The number of rotatable bonds is 0. The van der Waals surface area contributed by atoms with Crippen LogP contribution in [0.15, 0.2) is 34.9 Å². The van der Waals surface area contributed by atoms with Gasteiger partial charge in [0.25, 0.3) is 0 Å². The Balaban J connectivity index is 3.72. The molecule has 1 unspecified atom stereocenters. The van der Waals surface area contributed by atoms with E-state index in [4.69, 9.17) is 0 Å². The molecule has 0 aromatic rings. The van der Waals surface area contributed by atoms with Crippen LogP contribution in [0.4, 0.5) is 0 Å². The lowest BCUT2D eigenvalue weighted by Gasteiger charge is -2.38. The van der Waals surface area contributed by atoms with E-state index >= 15 is 0 Å². The second-order valence-corrected chi connectivity index (χ2v) is 11.4. The Hall–Kier alpha value is -0.780. The predicted octanol–water partition coefficient (Wildman–Crippen LogP) is 7.58. The molecule has 0 aliphatic heterocycles. The van der Waals surface area contributed by atoms with E-state index in [2.05, 4.69) is 101 Å². The van der Waals surface area contributed by atoms with Crippen molar-refractivity contribution in [2.24, 2.45) is 27.6 Å². The topological polar surface area (TPSA) is 0 Å². The molecule has 1 atom stereocenters. The highest BCUT2D eigenvalue weighted by Crippen LogP contribution is 2.47. The van der Waals surface area contributed by atoms with Gasteiger partial charge in [-0.25, -0.2) is 0 Å². The first-order valence-corrected chi connectivity index (χ1v) is 9.10. The highest BCUT2D eigenvalue weighted by Gasteiger charge is 2.36. The maximum atomic E-state index is 2.55. The van der Waals surface area contributed by atoms with E-state index in [1.807, 2.05) is 0 Å². The Morgan fingerprint density at radius 3 is 1.30 bits per heavy atom. The molecule has 0 bridgehead atoms. The molecule has 0 saturated heterocycles. The highest BCUT2D eigenvalue weighted by atomic mass is 14.4. The molecular formula is C23H40. The molecule has 0 N–H and O–H groups in total. The summed E-state index contributed by atoms with van der Waals surface area (Å²) in [6, 6.07) is 0. The number of hydrogen-bond acceptors (Lipinski definition) is 0. The molecule has 0 radical (unpaired) electrons. The maximum Gasteiger partial charge on any atom is 0.00398 e. The molecule has 0 nitrogen and oxygen atoms in total. The van der Waals surface area contributed by atoms with Gasteiger partial charge < -0.3 is 0 Å². The van der Waals surface area contributed by atoms with Gasteiger partial charge in [0.1, 0.15) is 0 Å². The number of allylic oxidation sites excluding steroid dienone is 6. The summed E-state index contributed by atoms with van der Waals surface area (Å²) in [6.45, 7) is 28.2. The Morgan fingerprint density at radius 1 is 0.565 bits per heavy atom. The monoisotopic (exact) mass is 316 g/mol. The molecule has 1 aliphatic rings. The van der Waals surface area contributed by atoms with Crippen LogP contribution in [0.5, 0.6) is 0 Å². The zero-order valence-corrected chi connectivity index (χ0v) is 17.8. The van der Waals surface area contributed by atoms with Crippen molar-refractivity contribution < 1.29 is 0 Å². The Bertz CT molecular complexity index is 523. The van der Waals surface area contributed by atoms with Crippen molar-refractivity contribution in [3.8, 4) is 0 Å². The average molecular weight is 317 g/mol. The van der Waals surface area contributed by atoms with Gasteiger partial charge in [-0.15, -0.1) is 0 Å². The summed E-state index contributed by atoms with van der Waals surface area (Å²) < 4.78 is 0. The lowest BCUT2D eigenvalue weighted by Crippen LogP contribution is -2.28. The Kier molecular flexibility index (Phi) is 5.23. The second-order valence-electron chi connectivity index (χ2n) is 11.4. The van der Waals surface area contributed by atoms with E-state index in [1.54, 1.807) is 5.57 Å². The van der Waals surface area contributed by atoms with E-state index in [0.717, 1.165) is 0 Å². The minimum absolute atomic E-state index is 0.160. The quantitative estimate of drug-likeness (QED) is 0.432. The highest BCUT2D eigenvalue weighted by molar-refractivity contribution is 5.45. The zero-order valence-electron chi connectivity index (χ0n) is 17.8. The molecule has 0 spiro atoms. The molecule has 132 valence electrons. The first kappa shape index (κ1) is 20.3. The van der Waals surface area contributed by atoms with Gasteiger partial charge in [-0.3, -0.25) is 0 Å². The molecule has 0 heterocycles. The predicted molar refractivity (Wildman–Crippen MR) is 106 cm³/mol. The van der Waals surface area contributed by atoms with Crippen LogP contribution in [0.1, 0.15) is 83.1 Å². The molecule has 23 heavy (non-hydrogen) atoms. The summed E-state index contributed by atoms with van der Waals surface area (Å²) in [5.74, 6) is 0.466. The zero-order chi connectivity index (χ0) is 18.4. The van der Waals surface area contributed by atoms with Crippen LogP contribution in [0.3, 0.4) is 0 Å². The summed E-state index contributed by atoms with van der Waals surface area (Å²) >= 11 is 0. The third-order valence-electron chi connectivity index (χ3n) is 4.83. The van der Waals surface area contributed by atoms with E-state index < -0.39 is 0 Å². The fourth-order valence-electron chi connectivity index (χ4n) is 3.08. The van der Waals surface area contributed by atoms with Crippen molar-refractivity contribution in [3.63, 3.8) is 0 Å². The smallest absolute Gasteiger partial charge is 0.00398 e. The van der Waals surface area contributed by atoms with Crippen molar-refractivity contribution in [2.45, 2.75) is 83.1 Å². The van der Waals surface area contributed by atoms with E-state index in [9.17, 15) is 0 Å². The normalized spacial score (nSPS) is 21.4. The van der Waals surface area contributed by atoms with Crippen molar-refractivity contribution in [1.29, 1.82) is 0 Å². The van der Waals surface area contributed by atoms with Gasteiger partial charge in [0.05, 0.1) is 0 Å². The van der Waals surface area contributed by atoms with Crippen LogP contribution in [0, 0.1) is 27.6 Å². The molecule has 0 aromatic heterocycles. The van der Waals surface area contributed by atoms with Crippen LogP contribution < -0.4 is 0 Å². The van der Waals surface area contributed by atoms with Crippen molar-refractivity contribution in [1.82, 2.24) is 0 Å². The third kappa shape index (κ3) is 5.10. The summed E-state index contributed by atoms with van der Waals surface area (Å²) in [5.41, 5.74) is 5.20. The van der Waals surface area contributed by atoms with Crippen molar-refractivity contribution >= 4 is 0 Å². The molecule has 1 rings (SSSR count).